The number of hydrogen-bond donors (Lipinski definition) is 0. The second kappa shape index (κ2) is 8.52. The van der Waals surface area contributed by atoms with Crippen LogP contribution in [0, 0.1) is 0 Å². The van der Waals surface area contributed by atoms with Crippen LogP contribution in [0.4, 0.5) is 0 Å². The Labute approximate surface area is 145 Å². The zero-order valence-electron chi connectivity index (χ0n) is 14.9. The molecule has 1 aromatic carbocycles. The summed E-state index contributed by atoms with van der Waals surface area (Å²) in [6, 6.07) is 8.28. The summed E-state index contributed by atoms with van der Waals surface area (Å²) < 4.78 is 5.28. The monoisotopic (exact) mass is 330 g/mol. The molecule has 0 radical (unpaired) electrons. The Morgan fingerprint density at radius 3 is 2.71 bits per heavy atom. The molecule has 0 aliphatic carbocycles. The first-order valence-electron chi connectivity index (χ1n) is 9.41. The normalized spacial score (nSPS) is 22.4. The SMILES string of the molecule is COc1cccc(CC(=O)N2CCCCC[C@@H]2CN2CCCC2)c1. The minimum absolute atomic E-state index is 0.273. The van der Waals surface area contributed by atoms with Gasteiger partial charge in [-0.2, -0.15) is 0 Å². The van der Waals surface area contributed by atoms with Crippen molar-refractivity contribution in [1.29, 1.82) is 0 Å². The lowest BCUT2D eigenvalue weighted by Crippen LogP contribution is -2.46. The average Bonchev–Trinajstić information content (AvgIpc) is 2.99. The topological polar surface area (TPSA) is 32.8 Å². The van der Waals surface area contributed by atoms with Crippen molar-refractivity contribution in [3.05, 3.63) is 29.8 Å². The second-order valence-electron chi connectivity index (χ2n) is 7.13. The molecule has 3 rings (SSSR count). The van der Waals surface area contributed by atoms with Crippen LogP contribution in [0.1, 0.15) is 44.1 Å². The number of amides is 1. The van der Waals surface area contributed by atoms with Crippen LogP contribution in [0.25, 0.3) is 0 Å². The fourth-order valence-corrected chi connectivity index (χ4v) is 4.02. The van der Waals surface area contributed by atoms with Gasteiger partial charge in [-0.05, 0) is 56.5 Å². The van der Waals surface area contributed by atoms with E-state index in [0.717, 1.165) is 37.2 Å². The molecule has 132 valence electrons. The maximum absolute atomic E-state index is 13.0. The summed E-state index contributed by atoms with van der Waals surface area (Å²) in [7, 11) is 1.67. The Kier molecular flexibility index (Phi) is 6.13. The fourth-order valence-electron chi connectivity index (χ4n) is 4.02. The number of ether oxygens (including phenoxy) is 1. The predicted molar refractivity (Wildman–Crippen MR) is 96.3 cm³/mol. The highest BCUT2D eigenvalue weighted by Gasteiger charge is 2.27. The number of hydrogen-bond acceptors (Lipinski definition) is 3. The first-order chi connectivity index (χ1) is 11.8. The third-order valence-electron chi connectivity index (χ3n) is 5.35. The van der Waals surface area contributed by atoms with Gasteiger partial charge in [-0.15, -0.1) is 0 Å². The summed E-state index contributed by atoms with van der Waals surface area (Å²) >= 11 is 0. The van der Waals surface area contributed by atoms with E-state index in [9.17, 15) is 4.79 Å². The highest BCUT2D eigenvalue weighted by Crippen LogP contribution is 2.21. The van der Waals surface area contributed by atoms with E-state index in [1.165, 1.54) is 38.8 Å². The molecular weight excluding hydrogens is 300 g/mol. The summed E-state index contributed by atoms with van der Waals surface area (Å²) in [5.41, 5.74) is 1.04. The fraction of sp³-hybridized carbons (Fsp3) is 0.650. The van der Waals surface area contributed by atoms with Crippen molar-refractivity contribution in [2.24, 2.45) is 0 Å². The van der Waals surface area contributed by atoms with E-state index in [1.54, 1.807) is 7.11 Å². The van der Waals surface area contributed by atoms with E-state index in [1.807, 2.05) is 24.3 Å². The van der Waals surface area contributed by atoms with Crippen molar-refractivity contribution < 1.29 is 9.53 Å². The van der Waals surface area contributed by atoms with E-state index in [-0.39, 0.29) is 5.91 Å². The molecule has 0 spiro atoms. The van der Waals surface area contributed by atoms with E-state index in [0.29, 0.717) is 12.5 Å². The minimum Gasteiger partial charge on any atom is -0.497 e. The van der Waals surface area contributed by atoms with Gasteiger partial charge in [0.25, 0.3) is 0 Å². The number of rotatable bonds is 5. The van der Waals surface area contributed by atoms with Gasteiger partial charge in [-0.1, -0.05) is 25.0 Å². The maximum Gasteiger partial charge on any atom is 0.227 e. The molecule has 1 atom stereocenters. The number of carbonyl (C=O) groups excluding carboxylic acids is 1. The highest BCUT2D eigenvalue weighted by atomic mass is 16.5. The number of likely N-dealkylation sites (tertiary alicyclic amines) is 2. The van der Waals surface area contributed by atoms with Crippen molar-refractivity contribution in [3.8, 4) is 5.75 Å². The van der Waals surface area contributed by atoms with Crippen molar-refractivity contribution in [1.82, 2.24) is 9.80 Å². The van der Waals surface area contributed by atoms with Gasteiger partial charge in [0.1, 0.15) is 5.75 Å². The Bertz CT molecular complexity index is 540. The molecule has 0 saturated carbocycles. The van der Waals surface area contributed by atoms with Crippen molar-refractivity contribution >= 4 is 5.91 Å². The third kappa shape index (κ3) is 4.50. The Morgan fingerprint density at radius 2 is 1.92 bits per heavy atom. The number of benzene rings is 1. The van der Waals surface area contributed by atoms with Crippen LogP contribution >= 0.6 is 0 Å². The van der Waals surface area contributed by atoms with E-state index < -0.39 is 0 Å². The molecule has 2 heterocycles. The van der Waals surface area contributed by atoms with Crippen LogP contribution in [0.2, 0.25) is 0 Å². The molecule has 2 saturated heterocycles. The van der Waals surface area contributed by atoms with E-state index in [2.05, 4.69) is 9.80 Å². The lowest BCUT2D eigenvalue weighted by Gasteiger charge is -2.33. The van der Waals surface area contributed by atoms with Gasteiger partial charge in [0, 0.05) is 19.1 Å². The van der Waals surface area contributed by atoms with Crippen LogP contribution in [-0.4, -0.2) is 55.0 Å². The van der Waals surface area contributed by atoms with Crippen LogP contribution in [-0.2, 0) is 11.2 Å². The van der Waals surface area contributed by atoms with E-state index >= 15 is 0 Å². The summed E-state index contributed by atoms with van der Waals surface area (Å²) in [5.74, 6) is 1.10. The van der Waals surface area contributed by atoms with E-state index in [4.69, 9.17) is 4.74 Å². The predicted octanol–water partition coefficient (Wildman–Crippen LogP) is 3.10. The van der Waals surface area contributed by atoms with Crippen LogP contribution in [0.5, 0.6) is 5.75 Å². The Hall–Kier alpha value is -1.55. The molecule has 4 nitrogen and oxygen atoms in total. The smallest absolute Gasteiger partial charge is 0.227 e. The molecule has 0 aromatic heterocycles. The minimum atomic E-state index is 0.273. The molecule has 0 bridgehead atoms. The Balaban J connectivity index is 1.66. The number of methoxy groups -OCH3 is 1. The van der Waals surface area contributed by atoms with Gasteiger partial charge in [-0.25, -0.2) is 0 Å². The zero-order chi connectivity index (χ0) is 16.8. The van der Waals surface area contributed by atoms with Gasteiger partial charge in [-0.3, -0.25) is 4.79 Å². The lowest BCUT2D eigenvalue weighted by molar-refractivity contribution is -0.133. The Morgan fingerprint density at radius 1 is 1.12 bits per heavy atom. The molecular formula is C20H30N2O2. The number of nitrogens with zero attached hydrogens (tertiary/aromatic N) is 2. The first kappa shape index (κ1) is 17.3. The molecule has 2 aliphatic heterocycles. The lowest BCUT2D eigenvalue weighted by atomic mass is 10.1. The summed E-state index contributed by atoms with van der Waals surface area (Å²) in [5, 5.41) is 0. The molecule has 0 N–H and O–H groups in total. The van der Waals surface area contributed by atoms with Crippen molar-refractivity contribution in [2.45, 2.75) is 51.0 Å². The molecule has 4 heteroatoms. The quantitative estimate of drug-likeness (QED) is 0.832. The standard InChI is InChI=1S/C20H30N2O2/c1-24-19-10-7-8-17(14-19)15-20(23)22-13-4-2-3-9-18(22)16-21-11-5-6-12-21/h7-8,10,14,18H,2-6,9,11-13,15-16H2,1H3/t18-/m1/s1. The molecule has 1 aromatic rings. The van der Waals surface area contributed by atoms with Crippen molar-refractivity contribution in [2.75, 3.05) is 33.3 Å². The van der Waals surface area contributed by atoms with Gasteiger partial charge in [0.2, 0.25) is 5.91 Å². The van der Waals surface area contributed by atoms with Crippen molar-refractivity contribution in [3.63, 3.8) is 0 Å². The third-order valence-corrected chi connectivity index (χ3v) is 5.35. The van der Waals surface area contributed by atoms with Crippen LogP contribution in [0.15, 0.2) is 24.3 Å². The van der Waals surface area contributed by atoms with Gasteiger partial charge in [0.15, 0.2) is 0 Å². The second-order valence-corrected chi connectivity index (χ2v) is 7.13. The highest BCUT2D eigenvalue weighted by molar-refractivity contribution is 5.79. The molecule has 1 amide bonds. The van der Waals surface area contributed by atoms with Crippen LogP contribution < -0.4 is 4.74 Å². The largest absolute Gasteiger partial charge is 0.497 e. The summed E-state index contributed by atoms with van der Waals surface area (Å²) in [4.78, 5) is 17.7. The van der Waals surface area contributed by atoms with Gasteiger partial charge < -0.3 is 14.5 Å². The average molecular weight is 330 g/mol. The maximum atomic E-state index is 13.0. The summed E-state index contributed by atoms with van der Waals surface area (Å²) in [6.07, 6.45) is 7.89. The van der Waals surface area contributed by atoms with Gasteiger partial charge >= 0.3 is 0 Å². The van der Waals surface area contributed by atoms with Crippen LogP contribution in [0.3, 0.4) is 0 Å². The van der Waals surface area contributed by atoms with Gasteiger partial charge in [0.05, 0.1) is 13.5 Å². The zero-order valence-corrected chi connectivity index (χ0v) is 14.9. The molecule has 24 heavy (non-hydrogen) atoms. The first-order valence-corrected chi connectivity index (χ1v) is 9.41. The molecule has 2 aliphatic rings. The number of carbonyl (C=O) groups is 1. The molecule has 2 fully saturated rings. The molecule has 0 unspecified atom stereocenters. The summed E-state index contributed by atoms with van der Waals surface area (Å²) in [6.45, 7) is 4.38.